The van der Waals surface area contributed by atoms with Gasteiger partial charge in [-0.3, -0.25) is 0 Å². The molecule has 1 aromatic carbocycles. The molecular formula is C16H26N2O3. The number of aliphatic hydroxyl groups is 1. The molecule has 0 radical (unpaired) electrons. The molecule has 118 valence electrons. The lowest BCUT2D eigenvalue weighted by Gasteiger charge is -2.19. The molecule has 0 spiro atoms. The standard InChI is InChI=1S/C16H26N2O3/c1-4-12(2)15(19)11-18-16(20)17-10-13(3)21-14-8-6-5-7-9-14/h5-9,12-13,15,19H,4,10-11H2,1-3H3,(H2,17,18,20). The lowest BCUT2D eigenvalue weighted by Crippen LogP contribution is -2.44. The fraction of sp³-hybridized carbons (Fsp3) is 0.562. The van der Waals surface area contributed by atoms with Crippen LogP contribution in [0.15, 0.2) is 30.3 Å². The van der Waals surface area contributed by atoms with Crippen LogP contribution in [0.3, 0.4) is 0 Å². The summed E-state index contributed by atoms with van der Waals surface area (Å²) in [5.41, 5.74) is 0. The van der Waals surface area contributed by atoms with E-state index in [2.05, 4.69) is 10.6 Å². The van der Waals surface area contributed by atoms with E-state index in [0.717, 1.165) is 12.2 Å². The molecule has 21 heavy (non-hydrogen) atoms. The Morgan fingerprint density at radius 3 is 2.43 bits per heavy atom. The average molecular weight is 294 g/mol. The Balaban J connectivity index is 2.20. The molecule has 0 aliphatic rings. The molecule has 0 aliphatic carbocycles. The van der Waals surface area contributed by atoms with Crippen LogP contribution < -0.4 is 15.4 Å². The summed E-state index contributed by atoms with van der Waals surface area (Å²) in [6, 6.07) is 9.18. The number of carbonyl (C=O) groups excluding carboxylic acids is 1. The van der Waals surface area contributed by atoms with E-state index >= 15 is 0 Å². The van der Waals surface area contributed by atoms with Gasteiger partial charge < -0.3 is 20.5 Å². The number of ether oxygens (including phenoxy) is 1. The van der Waals surface area contributed by atoms with Gasteiger partial charge in [0.2, 0.25) is 0 Å². The van der Waals surface area contributed by atoms with Gasteiger partial charge in [-0.1, -0.05) is 38.5 Å². The van der Waals surface area contributed by atoms with Gasteiger partial charge in [0.05, 0.1) is 12.6 Å². The Kier molecular flexibility index (Phi) is 7.61. The molecule has 0 saturated heterocycles. The van der Waals surface area contributed by atoms with Crippen LogP contribution in [-0.2, 0) is 0 Å². The first-order valence-corrected chi connectivity index (χ1v) is 7.44. The Labute approximate surface area is 126 Å². The van der Waals surface area contributed by atoms with Crippen LogP contribution in [0, 0.1) is 5.92 Å². The van der Waals surface area contributed by atoms with Gasteiger partial charge in [-0.05, 0) is 25.0 Å². The highest BCUT2D eigenvalue weighted by Crippen LogP contribution is 2.10. The summed E-state index contributed by atoms with van der Waals surface area (Å²) < 4.78 is 5.65. The Morgan fingerprint density at radius 2 is 1.81 bits per heavy atom. The summed E-state index contributed by atoms with van der Waals surface area (Å²) in [7, 11) is 0. The largest absolute Gasteiger partial charge is 0.489 e. The second kappa shape index (κ2) is 9.23. The van der Waals surface area contributed by atoms with Crippen molar-refractivity contribution in [2.45, 2.75) is 39.4 Å². The number of nitrogens with one attached hydrogen (secondary N) is 2. The normalized spacial score (nSPS) is 14.9. The van der Waals surface area contributed by atoms with Crippen molar-refractivity contribution in [1.29, 1.82) is 0 Å². The van der Waals surface area contributed by atoms with Crippen LogP contribution in [0.4, 0.5) is 4.79 Å². The Hall–Kier alpha value is -1.75. The lowest BCUT2D eigenvalue weighted by atomic mass is 10.0. The molecule has 2 amide bonds. The zero-order chi connectivity index (χ0) is 15.7. The molecule has 3 N–H and O–H groups in total. The third-order valence-electron chi connectivity index (χ3n) is 3.40. The second-order valence-electron chi connectivity index (χ2n) is 5.29. The third-order valence-corrected chi connectivity index (χ3v) is 3.40. The monoisotopic (exact) mass is 294 g/mol. The van der Waals surface area contributed by atoms with Crippen LogP contribution >= 0.6 is 0 Å². The van der Waals surface area contributed by atoms with Gasteiger partial charge in [0.15, 0.2) is 0 Å². The van der Waals surface area contributed by atoms with Gasteiger partial charge in [0.1, 0.15) is 11.9 Å². The van der Waals surface area contributed by atoms with Crippen LogP contribution in [0.25, 0.3) is 0 Å². The molecule has 5 heteroatoms. The zero-order valence-corrected chi connectivity index (χ0v) is 13.0. The number of para-hydroxylation sites is 1. The zero-order valence-electron chi connectivity index (χ0n) is 13.0. The third kappa shape index (κ3) is 6.99. The van der Waals surface area contributed by atoms with Gasteiger partial charge in [-0.25, -0.2) is 4.79 Å². The summed E-state index contributed by atoms with van der Waals surface area (Å²) in [5.74, 6) is 0.949. The van der Waals surface area contributed by atoms with E-state index in [9.17, 15) is 9.90 Å². The van der Waals surface area contributed by atoms with Crippen molar-refractivity contribution in [3.63, 3.8) is 0 Å². The van der Waals surface area contributed by atoms with E-state index in [-0.39, 0.29) is 24.6 Å². The number of rotatable bonds is 8. The van der Waals surface area contributed by atoms with Crippen LogP contribution in [-0.4, -0.2) is 36.4 Å². The number of aliphatic hydroxyl groups excluding tert-OH is 1. The van der Waals surface area contributed by atoms with E-state index in [1.54, 1.807) is 0 Å². The van der Waals surface area contributed by atoms with E-state index < -0.39 is 6.10 Å². The van der Waals surface area contributed by atoms with Crippen LogP contribution in [0.2, 0.25) is 0 Å². The second-order valence-corrected chi connectivity index (χ2v) is 5.29. The molecule has 0 aromatic heterocycles. The first kappa shape index (κ1) is 17.3. The summed E-state index contributed by atoms with van der Waals surface area (Å²) in [4.78, 5) is 11.6. The number of carbonyl (C=O) groups is 1. The van der Waals surface area contributed by atoms with Crippen molar-refractivity contribution in [2.24, 2.45) is 5.92 Å². The molecular weight excluding hydrogens is 268 g/mol. The Morgan fingerprint density at radius 1 is 1.19 bits per heavy atom. The molecule has 0 bridgehead atoms. The fourth-order valence-electron chi connectivity index (χ4n) is 1.74. The lowest BCUT2D eigenvalue weighted by molar-refractivity contribution is 0.114. The smallest absolute Gasteiger partial charge is 0.315 e. The summed E-state index contributed by atoms with van der Waals surface area (Å²) in [5, 5.41) is 15.2. The van der Waals surface area contributed by atoms with Crippen molar-refractivity contribution < 1.29 is 14.6 Å². The van der Waals surface area contributed by atoms with E-state index in [0.29, 0.717) is 6.54 Å². The van der Waals surface area contributed by atoms with Crippen molar-refractivity contribution in [1.82, 2.24) is 10.6 Å². The van der Waals surface area contributed by atoms with E-state index in [1.165, 1.54) is 0 Å². The van der Waals surface area contributed by atoms with Crippen LogP contribution in [0.1, 0.15) is 27.2 Å². The topological polar surface area (TPSA) is 70.6 Å². The van der Waals surface area contributed by atoms with Crippen molar-refractivity contribution in [2.75, 3.05) is 13.1 Å². The minimum Gasteiger partial charge on any atom is -0.489 e. The molecule has 1 rings (SSSR count). The van der Waals surface area contributed by atoms with Crippen LogP contribution in [0.5, 0.6) is 5.75 Å². The maximum absolute atomic E-state index is 11.6. The van der Waals surface area contributed by atoms with Crippen molar-refractivity contribution >= 4 is 6.03 Å². The maximum atomic E-state index is 11.6. The summed E-state index contributed by atoms with van der Waals surface area (Å²) >= 11 is 0. The fourth-order valence-corrected chi connectivity index (χ4v) is 1.74. The average Bonchev–Trinajstić information content (AvgIpc) is 2.50. The molecule has 3 atom stereocenters. The first-order chi connectivity index (χ1) is 10.0. The minimum absolute atomic E-state index is 0.127. The Bertz CT molecular complexity index is 411. The highest BCUT2D eigenvalue weighted by Gasteiger charge is 2.13. The summed E-state index contributed by atoms with van der Waals surface area (Å²) in [6.45, 7) is 6.52. The van der Waals surface area contributed by atoms with Gasteiger partial charge in [-0.15, -0.1) is 0 Å². The van der Waals surface area contributed by atoms with Gasteiger partial charge in [0.25, 0.3) is 0 Å². The number of urea groups is 1. The highest BCUT2D eigenvalue weighted by molar-refractivity contribution is 5.73. The van der Waals surface area contributed by atoms with E-state index in [1.807, 2.05) is 51.1 Å². The molecule has 0 saturated carbocycles. The quantitative estimate of drug-likeness (QED) is 0.688. The number of hydrogen-bond donors (Lipinski definition) is 3. The van der Waals surface area contributed by atoms with Gasteiger partial charge in [0, 0.05) is 6.54 Å². The molecule has 0 fully saturated rings. The number of benzene rings is 1. The van der Waals surface area contributed by atoms with E-state index in [4.69, 9.17) is 4.74 Å². The molecule has 0 heterocycles. The molecule has 0 aliphatic heterocycles. The maximum Gasteiger partial charge on any atom is 0.315 e. The van der Waals surface area contributed by atoms with Gasteiger partial charge >= 0.3 is 6.03 Å². The first-order valence-electron chi connectivity index (χ1n) is 7.44. The van der Waals surface area contributed by atoms with Crippen molar-refractivity contribution in [3.05, 3.63) is 30.3 Å². The predicted octanol–water partition coefficient (Wildman–Crippen LogP) is 2.16. The molecule has 5 nitrogen and oxygen atoms in total. The summed E-state index contributed by atoms with van der Waals surface area (Å²) in [6.07, 6.45) is 0.239. The van der Waals surface area contributed by atoms with Gasteiger partial charge in [-0.2, -0.15) is 0 Å². The number of amides is 2. The minimum atomic E-state index is -0.515. The highest BCUT2D eigenvalue weighted by atomic mass is 16.5. The van der Waals surface area contributed by atoms with Crippen molar-refractivity contribution in [3.8, 4) is 5.75 Å². The molecule has 3 unspecified atom stereocenters. The molecule has 1 aromatic rings. The number of hydrogen-bond acceptors (Lipinski definition) is 3. The SMILES string of the molecule is CCC(C)C(O)CNC(=O)NCC(C)Oc1ccccc1. The predicted molar refractivity (Wildman–Crippen MR) is 83.4 cm³/mol.